The molecule has 2 saturated heterocycles. The fourth-order valence-electron chi connectivity index (χ4n) is 8.08. The topological polar surface area (TPSA) is 104 Å². The molecule has 10 heteroatoms. The van der Waals surface area contributed by atoms with Gasteiger partial charge >= 0.3 is 6.01 Å². The van der Waals surface area contributed by atoms with E-state index in [1.54, 1.807) is 23.9 Å². The third-order valence-electron chi connectivity index (χ3n) is 9.85. The number of ether oxygens (including phenoxy) is 1. The number of nitriles is 1. The van der Waals surface area contributed by atoms with Crippen molar-refractivity contribution in [3.63, 3.8) is 0 Å². The number of aromatic nitrogens is 3. The van der Waals surface area contributed by atoms with Gasteiger partial charge in [-0.25, -0.2) is 9.98 Å². The van der Waals surface area contributed by atoms with Crippen molar-refractivity contribution in [2.45, 2.75) is 88.2 Å². The number of fused-ring (bicyclic) bond motifs is 5. The second kappa shape index (κ2) is 10.2. The van der Waals surface area contributed by atoms with Crippen LogP contribution in [-0.2, 0) is 18.3 Å². The van der Waals surface area contributed by atoms with Gasteiger partial charge in [-0.2, -0.15) is 10.2 Å². The van der Waals surface area contributed by atoms with Crippen LogP contribution in [0.1, 0.15) is 85.6 Å². The number of hydrogen-bond acceptors (Lipinski definition) is 9. The van der Waals surface area contributed by atoms with Crippen molar-refractivity contribution in [3.05, 3.63) is 39.5 Å². The Morgan fingerprint density at radius 2 is 1.95 bits per heavy atom. The molecule has 0 amide bonds. The van der Waals surface area contributed by atoms with Crippen molar-refractivity contribution < 1.29 is 9.26 Å². The van der Waals surface area contributed by atoms with Gasteiger partial charge in [0.1, 0.15) is 22.9 Å². The number of rotatable bonds is 6. The molecule has 214 valence electrons. The summed E-state index contributed by atoms with van der Waals surface area (Å²) < 4.78 is 12.6. The molecule has 7 rings (SSSR count). The zero-order valence-electron chi connectivity index (χ0n) is 24.1. The van der Waals surface area contributed by atoms with Crippen molar-refractivity contribution in [3.8, 4) is 23.5 Å². The summed E-state index contributed by atoms with van der Waals surface area (Å²) in [7, 11) is 3.88. The monoisotopic (exact) mass is 571 g/mol. The second-order valence-corrected chi connectivity index (χ2v) is 13.4. The van der Waals surface area contributed by atoms with Crippen LogP contribution in [0.25, 0.3) is 11.5 Å². The quantitative estimate of drug-likeness (QED) is 0.277. The molecule has 3 aromatic heterocycles. The Hall–Kier alpha value is -3.29. The van der Waals surface area contributed by atoms with Crippen molar-refractivity contribution in [1.82, 2.24) is 24.9 Å². The number of thiophene rings is 1. The summed E-state index contributed by atoms with van der Waals surface area (Å²) in [5, 5.41) is 15.8. The predicted octanol–water partition coefficient (Wildman–Crippen LogP) is 5.64. The van der Waals surface area contributed by atoms with Crippen LogP contribution < -0.4 is 4.74 Å². The molecular formula is C31H37N7O2S. The van der Waals surface area contributed by atoms with E-state index < -0.39 is 0 Å². The second-order valence-electron chi connectivity index (χ2n) is 12.3. The molecule has 2 aliphatic heterocycles. The highest BCUT2D eigenvalue weighted by molar-refractivity contribution is 7.16. The molecular weight excluding hydrogens is 534 g/mol. The lowest BCUT2D eigenvalue weighted by atomic mass is 9.62. The molecule has 0 N–H and O–H groups in total. The van der Waals surface area contributed by atoms with Crippen LogP contribution in [0.4, 0.5) is 5.00 Å². The van der Waals surface area contributed by atoms with E-state index in [0.29, 0.717) is 23.0 Å². The normalized spacial score (nSPS) is 23.8. The molecule has 9 nitrogen and oxygen atoms in total. The first-order chi connectivity index (χ1) is 19.9. The zero-order valence-corrected chi connectivity index (χ0v) is 25.0. The lowest BCUT2D eigenvalue weighted by Gasteiger charge is -2.39. The van der Waals surface area contributed by atoms with Gasteiger partial charge in [0.05, 0.1) is 23.1 Å². The number of nitrogens with zero attached hydrogens (tertiary/aromatic N) is 7. The molecule has 4 aliphatic rings. The molecule has 41 heavy (non-hydrogen) atoms. The van der Waals surface area contributed by atoms with Crippen LogP contribution in [0.3, 0.4) is 0 Å². The fraction of sp³-hybridized carbons (Fsp3) is 0.581. The molecule has 2 atom stereocenters. The van der Waals surface area contributed by atoms with Crippen LogP contribution in [0, 0.1) is 11.3 Å². The van der Waals surface area contributed by atoms with Crippen molar-refractivity contribution >= 4 is 22.7 Å². The SMILES string of the molecule is CC(Oc1nccc(-c2onc3c2CCC[C@@]32CCCc3sc(/N=C/N(C)C)c(C#N)c32)n1)C12CCCN1CCC2. The summed E-state index contributed by atoms with van der Waals surface area (Å²) in [5.74, 6) is 0.701. The highest BCUT2D eigenvalue weighted by Gasteiger charge is 2.50. The standard InChI is InChI=1S/C31H37N7O2S/c1-20(31-13-6-16-38(31)17-7-14-31)39-29-33-15-10-23(35-29)26-21-8-4-11-30(27(21)36-40-26)12-5-9-24-25(30)22(18-32)28(41-24)34-19-37(2)3/h10,15,19-20H,4-9,11-14,16-17H2,1-3H3/b34-19+/t20?,30-/m0/s1. The maximum atomic E-state index is 10.3. The van der Waals surface area contributed by atoms with E-state index in [9.17, 15) is 5.26 Å². The highest BCUT2D eigenvalue weighted by Crippen LogP contribution is 2.55. The van der Waals surface area contributed by atoms with Crippen molar-refractivity contribution in [1.29, 1.82) is 5.26 Å². The van der Waals surface area contributed by atoms with Gasteiger partial charge in [-0.15, -0.1) is 11.3 Å². The molecule has 5 heterocycles. The van der Waals surface area contributed by atoms with Crippen LogP contribution in [0.2, 0.25) is 0 Å². The van der Waals surface area contributed by atoms with Gasteiger partial charge in [0.15, 0.2) is 5.76 Å². The lowest BCUT2D eigenvalue weighted by molar-refractivity contribution is 0.0405. The first-order valence-electron chi connectivity index (χ1n) is 15.0. The Balaban J connectivity index is 1.24. The summed E-state index contributed by atoms with van der Waals surface area (Å²) in [6.45, 7) is 4.48. The van der Waals surface area contributed by atoms with Crippen molar-refractivity contribution in [2.24, 2.45) is 4.99 Å². The Bertz CT molecular complexity index is 1520. The van der Waals surface area contributed by atoms with Gasteiger partial charge in [-0.05, 0) is 95.9 Å². The maximum absolute atomic E-state index is 10.3. The van der Waals surface area contributed by atoms with E-state index >= 15 is 0 Å². The van der Waals surface area contributed by atoms with Gasteiger partial charge in [0.2, 0.25) is 0 Å². The third kappa shape index (κ3) is 4.19. The summed E-state index contributed by atoms with van der Waals surface area (Å²) in [6.07, 6.45) is 14.1. The van der Waals surface area contributed by atoms with E-state index in [4.69, 9.17) is 19.4 Å². The van der Waals surface area contributed by atoms with Gasteiger partial charge in [0.25, 0.3) is 0 Å². The molecule has 0 saturated carbocycles. The van der Waals surface area contributed by atoms with E-state index in [2.05, 4.69) is 27.9 Å². The summed E-state index contributed by atoms with van der Waals surface area (Å²) in [5.41, 5.74) is 4.37. The van der Waals surface area contributed by atoms with Gasteiger partial charge in [-0.3, -0.25) is 4.90 Å². The summed E-state index contributed by atoms with van der Waals surface area (Å²) >= 11 is 1.65. The first-order valence-corrected chi connectivity index (χ1v) is 15.8. The van der Waals surface area contributed by atoms with Gasteiger partial charge in [-0.1, -0.05) is 5.16 Å². The first kappa shape index (κ1) is 26.6. The summed E-state index contributed by atoms with van der Waals surface area (Å²) in [4.78, 5) is 19.8. The minimum Gasteiger partial charge on any atom is -0.458 e. The van der Waals surface area contributed by atoms with E-state index in [1.807, 2.05) is 25.1 Å². The predicted molar refractivity (Wildman–Crippen MR) is 158 cm³/mol. The van der Waals surface area contributed by atoms with Crippen LogP contribution in [-0.4, -0.2) is 70.1 Å². The molecule has 3 aromatic rings. The minimum absolute atomic E-state index is 0.0164. The average Bonchev–Trinajstić information content (AvgIpc) is 3.74. The van der Waals surface area contributed by atoms with Crippen molar-refractivity contribution in [2.75, 3.05) is 27.2 Å². The largest absolute Gasteiger partial charge is 0.458 e. The third-order valence-corrected chi connectivity index (χ3v) is 11.0. The molecule has 1 spiro atoms. The Kier molecular flexibility index (Phi) is 6.62. The minimum atomic E-state index is -0.329. The van der Waals surface area contributed by atoms with Crippen LogP contribution in [0.15, 0.2) is 21.8 Å². The zero-order chi connectivity index (χ0) is 28.2. The Morgan fingerprint density at radius 1 is 1.17 bits per heavy atom. The van der Waals surface area contributed by atoms with Gasteiger partial charge in [0, 0.05) is 36.1 Å². The van der Waals surface area contributed by atoms with E-state index in [1.165, 1.54) is 30.6 Å². The average molecular weight is 572 g/mol. The molecule has 0 aromatic carbocycles. The highest BCUT2D eigenvalue weighted by atomic mass is 32.1. The number of aryl methyl sites for hydroxylation is 1. The number of hydrogen-bond donors (Lipinski definition) is 0. The van der Waals surface area contributed by atoms with E-state index in [0.717, 1.165) is 73.4 Å². The lowest BCUT2D eigenvalue weighted by Crippen LogP contribution is -2.50. The van der Waals surface area contributed by atoms with Crippen LogP contribution >= 0.6 is 11.3 Å². The van der Waals surface area contributed by atoms with E-state index in [-0.39, 0.29) is 17.1 Å². The molecule has 0 bridgehead atoms. The Labute approximate surface area is 245 Å². The maximum Gasteiger partial charge on any atom is 0.317 e. The smallest absolute Gasteiger partial charge is 0.317 e. The molecule has 2 aliphatic carbocycles. The van der Waals surface area contributed by atoms with Gasteiger partial charge < -0.3 is 14.2 Å². The molecule has 0 radical (unpaired) electrons. The molecule has 1 unspecified atom stereocenters. The Morgan fingerprint density at radius 3 is 2.71 bits per heavy atom. The fourth-order valence-corrected chi connectivity index (χ4v) is 9.31. The summed E-state index contributed by atoms with van der Waals surface area (Å²) in [6, 6.07) is 4.80. The van der Waals surface area contributed by atoms with Crippen LogP contribution in [0.5, 0.6) is 6.01 Å². The number of aliphatic imine (C=N–C) groups is 1. The molecule has 2 fully saturated rings.